The maximum Gasteiger partial charge on any atom is 0.243 e. The van der Waals surface area contributed by atoms with Crippen LogP contribution in [-0.4, -0.2) is 65.4 Å². The molecule has 3 rings (SSSR count). The lowest BCUT2D eigenvalue weighted by Crippen LogP contribution is -2.50. The molecule has 0 saturated carbocycles. The van der Waals surface area contributed by atoms with E-state index in [9.17, 15) is 17.6 Å². The quantitative estimate of drug-likeness (QED) is 0.538. The molecule has 1 aliphatic heterocycles. The highest BCUT2D eigenvalue weighted by Gasteiger charge is 2.30. The number of hydrogen-bond donors (Lipinski definition) is 0. The number of halogens is 1. The Bertz CT molecular complexity index is 956. The maximum absolute atomic E-state index is 13.4. The normalized spacial score (nSPS) is 15.6. The monoisotopic (exact) mass is 424 g/mol. The number of carbonyl (C=O) groups is 1. The number of aromatic nitrogens is 2. The summed E-state index contributed by atoms with van der Waals surface area (Å²) in [6.07, 6.45) is 0. The minimum atomic E-state index is -3.77. The number of hydrogen-bond acceptors (Lipinski definition) is 6. The summed E-state index contributed by atoms with van der Waals surface area (Å²) in [6.45, 7) is 4.64. The average molecular weight is 425 g/mol. The molecule has 2 aromatic rings. The second-order valence-electron chi connectivity index (χ2n) is 6.43. The van der Waals surface area contributed by atoms with Crippen LogP contribution < -0.4 is 0 Å². The Morgan fingerprint density at radius 3 is 2.50 bits per heavy atom. The van der Waals surface area contributed by atoms with Crippen molar-refractivity contribution in [3.63, 3.8) is 0 Å². The van der Waals surface area contributed by atoms with E-state index < -0.39 is 15.8 Å². The number of thioether (sulfide) groups is 1. The van der Waals surface area contributed by atoms with Gasteiger partial charge in [0.1, 0.15) is 16.7 Å². The third kappa shape index (κ3) is 4.86. The molecule has 150 valence electrons. The predicted molar refractivity (Wildman–Crippen MR) is 104 cm³/mol. The second-order valence-corrected chi connectivity index (χ2v) is 9.36. The minimum absolute atomic E-state index is 0.0679. The topological polar surface area (TPSA) is 83.5 Å². The summed E-state index contributed by atoms with van der Waals surface area (Å²) in [5.74, 6) is 0.224. The van der Waals surface area contributed by atoms with Gasteiger partial charge in [0.25, 0.3) is 0 Å². The Kier molecular flexibility index (Phi) is 6.31. The van der Waals surface area contributed by atoms with E-state index in [1.165, 1.54) is 34.3 Å². The molecule has 0 radical (unpaired) electrons. The highest BCUT2D eigenvalue weighted by molar-refractivity contribution is 7.99. The first-order chi connectivity index (χ1) is 13.3. The van der Waals surface area contributed by atoms with Gasteiger partial charge >= 0.3 is 0 Å². The van der Waals surface area contributed by atoms with E-state index in [0.717, 1.165) is 16.8 Å². The van der Waals surface area contributed by atoms with Gasteiger partial charge < -0.3 is 4.90 Å². The van der Waals surface area contributed by atoms with Crippen LogP contribution in [0.25, 0.3) is 0 Å². The number of amides is 1. The Hall–Kier alpha value is -2.04. The van der Waals surface area contributed by atoms with Gasteiger partial charge in [0.05, 0.1) is 10.6 Å². The summed E-state index contributed by atoms with van der Waals surface area (Å²) in [7, 11) is -3.77. The standard InChI is InChI=1S/C18H21FN4O3S2/c1-13-10-17(21-14(2)20-13)27-12-18(24)22-6-8-23(9-7-22)28(25,26)16-5-3-4-15(19)11-16/h3-5,10-11H,6-9,12H2,1-2H3. The van der Waals surface area contributed by atoms with Gasteiger partial charge in [0.15, 0.2) is 0 Å². The summed E-state index contributed by atoms with van der Waals surface area (Å²) in [5, 5.41) is 0.741. The molecule has 1 saturated heterocycles. The van der Waals surface area contributed by atoms with Crippen LogP contribution >= 0.6 is 11.8 Å². The van der Waals surface area contributed by atoms with Gasteiger partial charge in [-0.05, 0) is 38.1 Å². The summed E-state index contributed by atoms with van der Waals surface area (Å²) in [6, 6.07) is 6.78. The lowest BCUT2D eigenvalue weighted by Gasteiger charge is -2.34. The highest BCUT2D eigenvalue weighted by atomic mass is 32.2. The smallest absolute Gasteiger partial charge is 0.243 e. The zero-order valence-electron chi connectivity index (χ0n) is 15.6. The molecule has 1 fully saturated rings. The average Bonchev–Trinajstić information content (AvgIpc) is 2.65. The number of benzene rings is 1. The summed E-state index contributed by atoms with van der Waals surface area (Å²) in [5.41, 5.74) is 0.846. The lowest BCUT2D eigenvalue weighted by molar-refractivity contribution is -0.129. The molecule has 2 heterocycles. The fraction of sp³-hybridized carbons (Fsp3) is 0.389. The van der Waals surface area contributed by atoms with Gasteiger partial charge in [-0.1, -0.05) is 17.8 Å². The molecule has 0 spiro atoms. The molecule has 1 aromatic heterocycles. The zero-order valence-corrected chi connectivity index (χ0v) is 17.3. The molecule has 1 amide bonds. The third-order valence-corrected chi connectivity index (χ3v) is 7.10. The van der Waals surface area contributed by atoms with E-state index in [0.29, 0.717) is 18.9 Å². The SMILES string of the molecule is Cc1cc(SCC(=O)N2CCN(S(=O)(=O)c3cccc(F)c3)CC2)nc(C)n1. The molecule has 0 aliphatic carbocycles. The first kappa shape index (κ1) is 20.7. The Morgan fingerprint density at radius 1 is 1.14 bits per heavy atom. The van der Waals surface area contributed by atoms with Crippen molar-refractivity contribution in [1.82, 2.24) is 19.2 Å². The molecule has 0 atom stereocenters. The van der Waals surface area contributed by atoms with Crippen molar-refractivity contribution in [2.45, 2.75) is 23.8 Å². The Balaban J connectivity index is 1.56. The minimum Gasteiger partial charge on any atom is -0.339 e. The van der Waals surface area contributed by atoms with Crippen LogP contribution in [0.2, 0.25) is 0 Å². The van der Waals surface area contributed by atoms with E-state index in [1.807, 2.05) is 13.0 Å². The van der Waals surface area contributed by atoms with Gasteiger partial charge in [-0.2, -0.15) is 4.31 Å². The number of carbonyl (C=O) groups excluding carboxylic acids is 1. The zero-order chi connectivity index (χ0) is 20.3. The number of nitrogens with zero attached hydrogens (tertiary/aromatic N) is 4. The van der Waals surface area contributed by atoms with Crippen molar-refractivity contribution in [3.05, 3.63) is 47.7 Å². The van der Waals surface area contributed by atoms with Gasteiger partial charge in [-0.25, -0.2) is 22.8 Å². The van der Waals surface area contributed by atoms with Gasteiger partial charge in [-0.15, -0.1) is 0 Å². The van der Waals surface area contributed by atoms with Crippen LogP contribution in [0.3, 0.4) is 0 Å². The van der Waals surface area contributed by atoms with Crippen molar-refractivity contribution in [1.29, 1.82) is 0 Å². The molecule has 10 heteroatoms. The molecule has 7 nitrogen and oxygen atoms in total. The second kappa shape index (κ2) is 8.54. The van der Waals surface area contributed by atoms with Crippen molar-refractivity contribution in [3.8, 4) is 0 Å². The maximum atomic E-state index is 13.4. The fourth-order valence-electron chi connectivity index (χ4n) is 2.94. The number of sulfonamides is 1. The number of aryl methyl sites for hydroxylation is 2. The van der Waals surface area contributed by atoms with E-state index in [-0.39, 0.29) is 29.6 Å². The largest absolute Gasteiger partial charge is 0.339 e. The van der Waals surface area contributed by atoms with E-state index >= 15 is 0 Å². The van der Waals surface area contributed by atoms with Gasteiger partial charge in [-0.3, -0.25) is 4.79 Å². The first-order valence-electron chi connectivity index (χ1n) is 8.74. The van der Waals surface area contributed by atoms with Gasteiger partial charge in [0.2, 0.25) is 15.9 Å². The van der Waals surface area contributed by atoms with Crippen molar-refractivity contribution < 1.29 is 17.6 Å². The van der Waals surface area contributed by atoms with E-state index in [4.69, 9.17) is 0 Å². The van der Waals surface area contributed by atoms with Crippen LogP contribution in [0.15, 0.2) is 40.3 Å². The Labute approximate surface area is 168 Å². The van der Waals surface area contributed by atoms with Crippen LogP contribution in [-0.2, 0) is 14.8 Å². The fourth-order valence-corrected chi connectivity index (χ4v) is 5.30. The summed E-state index contributed by atoms with van der Waals surface area (Å²) < 4.78 is 39.9. The van der Waals surface area contributed by atoms with Crippen molar-refractivity contribution >= 4 is 27.7 Å². The van der Waals surface area contributed by atoms with Crippen LogP contribution in [0.4, 0.5) is 4.39 Å². The van der Waals surface area contributed by atoms with Gasteiger partial charge in [0, 0.05) is 31.9 Å². The van der Waals surface area contributed by atoms with Crippen LogP contribution in [0.1, 0.15) is 11.5 Å². The van der Waals surface area contributed by atoms with Crippen LogP contribution in [0.5, 0.6) is 0 Å². The lowest BCUT2D eigenvalue weighted by atomic mass is 10.3. The number of rotatable bonds is 5. The highest BCUT2D eigenvalue weighted by Crippen LogP contribution is 2.20. The molecule has 0 bridgehead atoms. The third-order valence-electron chi connectivity index (χ3n) is 4.31. The van der Waals surface area contributed by atoms with Crippen LogP contribution in [0, 0.1) is 19.7 Å². The van der Waals surface area contributed by atoms with E-state index in [2.05, 4.69) is 9.97 Å². The molecular formula is C18H21FN4O3S2. The Morgan fingerprint density at radius 2 is 1.86 bits per heavy atom. The molecule has 0 N–H and O–H groups in total. The molecule has 28 heavy (non-hydrogen) atoms. The molecule has 0 unspecified atom stereocenters. The first-order valence-corrected chi connectivity index (χ1v) is 11.2. The molecule has 1 aromatic carbocycles. The predicted octanol–water partition coefficient (Wildman–Crippen LogP) is 1.86. The summed E-state index contributed by atoms with van der Waals surface area (Å²) >= 11 is 1.34. The van der Waals surface area contributed by atoms with E-state index in [1.54, 1.807) is 11.8 Å². The number of piperazine rings is 1. The van der Waals surface area contributed by atoms with Crippen molar-refractivity contribution in [2.75, 3.05) is 31.9 Å². The molecule has 1 aliphatic rings. The molecular weight excluding hydrogens is 403 g/mol. The summed E-state index contributed by atoms with van der Waals surface area (Å²) in [4.78, 5) is 22.5. The van der Waals surface area contributed by atoms with Crippen molar-refractivity contribution in [2.24, 2.45) is 0 Å².